The number of amides is 1. The molecule has 0 radical (unpaired) electrons. The second kappa shape index (κ2) is 10.2. The number of benzene rings is 3. The number of pyridine rings is 1. The molecule has 0 spiro atoms. The Balaban J connectivity index is 1.69. The molecule has 35 heavy (non-hydrogen) atoms. The first-order valence-electron chi connectivity index (χ1n) is 10.5. The zero-order chi connectivity index (χ0) is 24.7. The van der Waals surface area contributed by atoms with Crippen molar-refractivity contribution in [1.82, 2.24) is 9.97 Å². The summed E-state index contributed by atoms with van der Waals surface area (Å²) in [5.41, 5.74) is 6.37. The Morgan fingerprint density at radius 2 is 1.63 bits per heavy atom. The average molecular weight is 697 g/mol. The van der Waals surface area contributed by atoms with E-state index in [1.54, 1.807) is 0 Å². The molecule has 9 heteroatoms. The van der Waals surface area contributed by atoms with E-state index < -0.39 is 10.7 Å². The second-order valence-corrected chi connectivity index (χ2v) is 11.8. The van der Waals surface area contributed by atoms with Gasteiger partial charge < -0.3 is 10.3 Å². The number of carbonyl (C=O) groups is 1. The maximum absolute atomic E-state index is 12.2. The summed E-state index contributed by atoms with van der Waals surface area (Å²) in [6.07, 6.45) is 2.49. The maximum Gasteiger partial charge on any atom is 0.257 e. The largest absolute Gasteiger partial charge is 0.361 e. The topological polar surface area (TPSA) is 57.8 Å². The molecule has 176 valence electrons. The number of H-pyrrole nitrogens is 1. The number of fused-ring (bicyclic) bond motifs is 2. The van der Waals surface area contributed by atoms with Crippen molar-refractivity contribution in [2.24, 2.45) is 0 Å². The van der Waals surface area contributed by atoms with Crippen molar-refractivity contribution in [1.29, 1.82) is 0 Å². The van der Waals surface area contributed by atoms with Crippen LogP contribution >= 0.6 is 71.0 Å². The van der Waals surface area contributed by atoms with E-state index in [4.69, 9.17) is 28.2 Å². The third-order valence-electron chi connectivity index (χ3n) is 5.67. The van der Waals surface area contributed by atoms with Gasteiger partial charge in [-0.2, -0.15) is 0 Å². The molecule has 0 atom stereocenters. The molecule has 0 fully saturated rings. The number of aromatic nitrogens is 2. The molecule has 0 aliphatic heterocycles. The molecule has 2 heterocycles. The van der Waals surface area contributed by atoms with Gasteiger partial charge in [0.15, 0.2) is 4.84 Å². The molecule has 5 rings (SSSR count). The molecule has 4 nitrogen and oxygen atoms in total. The van der Waals surface area contributed by atoms with Crippen LogP contribution in [0.1, 0.15) is 11.3 Å². The lowest BCUT2D eigenvalue weighted by molar-refractivity contribution is -0.114. The van der Waals surface area contributed by atoms with Crippen molar-refractivity contribution < 1.29 is 4.79 Å². The van der Waals surface area contributed by atoms with Gasteiger partial charge in [0.1, 0.15) is 0 Å². The summed E-state index contributed by atoms with van der Waals surface area (Å²) >= 11 is 22.3. The molecule has 2 aromatic heterocycles. The molecular weight excluding hydrogens is 681 g/mol. The van der Waals surface area contributed by atoms with Crippen LogP contribution in [0.25, 0.3) is 32.9 Å². The quantitative estimate of drug-likeness (QED) is 0.180. The molecule has 0 bridgehead atoms. The zero-order valence-corrected chi connectivity index (χ0v) is 24.2. The summed E-state index contributed by atoms with van der Waals surface area (Å²) in [5, 5.41) is 4.94. The van der Waals surface area contributed by atoms with Gasteiger partial charge in [0.05, 0.1) is 11.2 Å². The number of aromatic amines is 1. The van der Waals surface area contributed by atoms with E-state index in [2.05, 4.69) is 76.3 Å². The van der Waals surface area contributed by atoms with Crippen LogP contribution in [0, 0.1) is 0 Å². The standard InChI is InChI=1S/C26H16Br3Cl2N3O/c27-15-1-4-21-13(7-15)9-18(20-12-32-23-6-3-17(29)11-19(20)23)24(33-21)10-14-8-16(28)2-5-22(14)34-26(35)25(30)31/h1-9,11-12,25,32H,10H2,(H,34,35). The van der Waals surface area contributed by atoms with Crippen LogP contribution in [-0.4, -0.2) is 20.7 Å². The number of nitrogens with one attached hydrogen (secondary N) is 2. The van der Waals surface area contributed by atoms with Gasteiger partial charge in [0, 0.05) is 59.1 Å². The van der Waals surface area contributed by atoms with E-state index in [0.717, 1.165) is 57.6 Å². The molecular formula is C26H16Br3Cl2N3O. The summed E-state index contributed by atoms with van der Waals surface area (Å²) in [6.45, 7) is 0. The zero-order valence-electron chi connectivity index (χ0n) is 17.9. The van der Waals surface area contributed by atoms with Crippen LogP contribution in [0.15, 0.2) is 80.3 Å². The van der Waals surface area contributed by atoms with Crippen LogP contribution < -0.4 is 5.32 Å². The molecule has 5 aromatic rings. The fourth-order valence-electron chi connectivity index (χ4n) is 4.07. The van der Waals surface area contributed by atoms with Crippen molar-refractivity contribution in [3.8, 4) is 11.1 Å². The number of hydrogen-bond acceptors (Lipinski definition) is 2. The minimum Gasteiger partial charge on any atom is -0.361 e. The Morgan fingerprint density at radius 3 is 2.43 bits per heavy atom. The van der Waals surface area contributed by atoms with Crippen molar-refractivity contribution in [3.63, 3.8) is 0 Å². The first kappa shape index (κ1) is 24.8. The van der Waals surface area contributed by atoms with Gasteiger partial charge in [0.25, 0.3) is 5.91 Å². The number of anilines is 1. The van der Waals surface area contributed by atoms with E-state index in [1.807, 2.05) is 48.7 Å². The number of nitrogens with zero attached hydrogens (tertiary/aromatic N) is 1. The van der Waals surface area contributed by atoms with Gasteiger partial charge in [-0.15, -0.1) is 0 Å². The highest BCUT2D eigenvalue weighted by atomic mass is 79.9. The van der Waals surface area contributed by atoms with E-state index in [1.165, 1.54) is 0 Å². The third kappa shape index (κ3) is 5.30. The van der Waals surface area contributed by atoms with Crippen molar-refractivity contribution in [2.45, 2.75) is 11.3 Å². The highest BCUT2D eigenvalue weighted by Gasteiger charge is 2.18. The molecule has 3 aromatic carbocycles. The van der Waals surface area contributed by atoms with Crippen LogP contribution in [0.4, 0.5) is 5.69 Å². The molecule has 1 amide bonds. The highest BCUT2D eigenvalue weighted by molar-refractivity contribution is 9.11. The lowest BCUT2D eigenvalue weighted by atomic mass is 9.96. The summed E-state index contributed by atoms with van der Waals surface area (Å²) in [4.78, 5) is 19.5. The third-order valence-corrected chi connectivity index (χ3v) is 7.55. The molecule has 0 unspecified atom stereocenters. The SMILES string of the molecule is O=C(Nc1ccc(Br)cc1Cc1nc2ccc(Br)cc2cc1-c1c[nH]c2ccc(Br)cc12)C(Cl)Cl. The van der Waals surface area contributed by atoms with E-state index >= 15 is 0 Å². The van der Waals surface area contributed by atoms with Crippen molar-refractivity contribution in [3.05, 3.63) is 91.5 Å². The molecule has 2 N–H and O–H groups in total. The Morgan fingerprint density at radius 1 is 0.914 bits per heavy atom. The minimum atomic E-state index is -1.16. The predicted molar refractivity (Wildman–Crippen MR) is 156 cm³/mol. The summed E-state index contributed by atoms with van der Waals surface area (Å²) in [5.74, 6) is -0.477. The summed E-state index contributed by atoms with van der Waals surface area (Å²) in [6, 6.07) is 20.0. The Bertz CT molecular complexity index is 1600. The van der Waals surface area contributed by atoms with Crippen LogP contribution in [0.3, 0.4) is 0 Å². The van der Waals surface area contributed by atoms with Gasteiger partial charge >= 0.3 is 0 Å². The smallest absolute Gasteiger partial charge is 0.257 e. The fraction of sp³-hybridized carbons (Fsp3) is 0.0769. The molecule has 0 aliphatic rings. The van der Waals surface area contributed by atoms with Crippen LogP contribution in [-0.2, 0) is 11.2 Å². The average Bonchev–Trinajstić information content (AvgIpc) is 3.23. The number of alkyl halides is 2. The van der Waals surface area contributed by atoms with Crippen molar-refractivity contribution in [2.75, 3.05) is 5.32 Å². The summed E-state index contributed by atoms with van der Waals surface area (Å²) < 4.78 is 2.87. The second-order valence-electron chi connectivity index (χ2n) is 7.98. The van der Waals surface area contributed by atoms with Crippen molar-refractivity contribution >= 4 is 104 Å². The number of hydrogen-bond donors (Lipinski definition) is 2. The highest BCUT2D eigenvalue weighted by Crippen LogP contribution is 2.36. The number of rotatable bonds is 5. The van der Waals surface area contributed by atoms with Crippen LogP contribution in [0.2, 0.25) is 0 Å². The number of carbonyl (C=O) groups excluding carboxylic acids is 1. The molecule has 0 aliphatic carbocycles. The van der Waals surface area contributed by atoms with E-state index in [9.17, 15) is 4.79 Å². The van der Waals surface area contributed by atoms with Gasteiger partial charge in [-0.3, -0.25) is 9.78 Å². The summed E-state index contributed by atoms with van der Waals surface area (Å²) in [7, 11) is 0. The molecule has 0 saturated carbocycles. The first-order valence-corrected chi connectivity index (χ1v) is 13.8. The van der Waals surface area contributed by atoms with Gasteiger partial charge in [-0.1, -0.05) is 71.0 Å². The monoisotopic (exact) mass is 693 g/mol. The molecule has 0 saturated heterocycles. The Labute approximate surface area is 236 Å². The van der Waals surface area contributed by atoms with Crippen LogP contribution in [0.5, 0.6) is 0 Å². The normalized spacial score (nSPS) is 11.5. The van der Waals surface area contributed by atoms with E-state index in [0.29, 0.717) is 12.1 Å². The van der Waals surface area contributed by atoms with E-state index in [-0.39, 0.29) is 0 Å². The first-order chi connectivity index (χ1) is 16.8. The predicted octanol–water partition coefficient (Wildman–Crippen LogP) is 9.00. The Hall–Kier alpha value is -1.90. The Kier molecular flexibility index (Phi) is 7.24. The van der Waals surface area contributed by atoms with Gasteiger partial charge in [-0.05, 0) is 66.2 Å². The van der Waals surface area contributed by atoms with Gasteiger partial charge in [0.2, 0.25) is 0 Å². The maximum atomic E-state index is 12.2. The lowest BCUT2D eigenvalue weighted by Gasteiger charge is -2.15. The lowest BCUT2D eigenvalue weighted by Crippen LogP contribution is -2.19. The fourth-order valence-corrected chi connectivity index (χ4v) is 5.33. The minimum absolute atomic E-state index is 0.477. The number of halogens is 5. The van der Waals surface area contributed by atoms with Gasteiger partial charge in [-0.25, -0.2) is 0 Å².